The molecule has 0 radical (unpaired) electrons. The van der Waals surface area contributed by atoms with Crippen molar-refractivity contribution in [2.75, 3.05) is 39.3 Å². The number of hydrogen-bond acceptors (Lipinski definition) is 5. The van der Waals surface area contributed by atoms with E-state index in [1.807, 2.05) is 0 Å². The summed E-state index contributed by atoms with van der Waals surface area (Å²) in [6, 6.07) is 2.91. The van der Waals surface area contributed by atoms with Gasteiger partial charge in [0.15, 0.2) is 0 Å². The minimum absolute atomic E-state index is 0.141. The van der Waals surface area contributed by atoms with Gasteiger partial charge in [0.1, 0.15) is 0 Å². The first-order valence-electron chi connectivity index (χ1n) is 6.04. The zero-order chi connectivity index (χ0) is 15.0. The molecule has 0 aliphatic heterocycles. The summed E-state index contributed by atoms with van der Waals surface area (Å²) in [6.45, 7) is 1.77. The third-order valence-electron chi connectivity index (χ3n) is 2.37. The molecule has 0 aromatic heterocycles. The monoisotopic (exact) mass is 321 g/mol. The van der Waals surface area contributed by atoms with Crippen LogP contribution in [0, 0.1) is 0 Å². The maximum absolute atomic E-state index is 11.8. The normalized spacial score (nSPS) is 10.6. The van der Waals surface area contributed by atoms with Crippen LogP contribution >= 0.6 is 23.2 Å². The maximum Gasteiger partial charge on any atom is 0.339 e. The molecular formula is C13H17Cl2NO4. The Morgan fingerprint density at radius 2 is 1.95 bits per heavy atom. The van der Waals surface area contributed by atoms with Crippen LogP contribution in [0.15, 0.2) is 12.1 Å². The number of rotatable bonds is 8. The average molecular weight is 322 g/mol. The lowest BCUT2D eigenvalue weighted by Crippen LogP contribution is -2.10. The van der Waals surface area contributed by atoms with E-state index in [2.05, 4.69) is 0 Å². The highest BCUT2D eigenvalue weighted by atomic mass is 35.5. The first-order chi connectivity index (χ1) is 9.56. The van der Waals surface area contributed by atoms with Crippen molar-refractivity contribution in [1.29, 1.82) is 0 Å². The third kappa shape index (κ3) is 5.54. The zero-order valence-electron chi connectivity index (χ0n) is 11.2. The predicted molar refractivity (Wildman–Crippen MR) is 78.5 cm³/mol. The fraction of sp³-hybridized carbons (Fsp3) is 0.462. The van der Waals surface area contributed by atoms with Crippen LogP contribution in [-0.4, -0.2) is 39.5 Å². The zero-order valence-corrected chi connectivity index (χ0v) is 12.7. The Labute approximate surface area is 127 Å². The van der Waals surface area contributed by atoms with Crippen LogP contribution in [0.4, 0.5) is 5.69 Å². The van der Waals surface area contributed by atoms with Gasteiger partial charge in [-0.15, -0.1) is 0 Å². The number of halogens is 2. The Balaban J connectivity index is 2.36. The Morgan fingerprint density at radius 3 is 2.65 bits per heavy atom. The van der Waals surface area contributed by atoms with E-state index in [1.165, 1.54) is 12.1 Å². The SMILES string of the molecule is COCCOCCCOC(=O)c1cc(N)cc(Cl)c1Cl. The second kappa shape index (κ2) is 9.02. The molecule has 0 aliphatic rings. The standard InChI is InChI=1S/C13H17Cl2NO4/c1-18-5-6-19-3-2-4-20-13(17)10-7-9(16)8-11(14)12(10)15/h7-8H,2-6,16H2,1H3. The van der Waals surface area contributed by atoms with E-state index >= 15 is 0 Å². The van der Waals surface area contributed by atoms with Gasteiger partial charge in [-0.05, 0) is 12.1 Å². The topological polar surface area (TPSA) is 70.8 Å². The smallest absolute Gasteiger partial charge is 0.339 e. The molecule has 0 unspecified atom stereocenters. The van der Waals surface area contributed by atoms with Crippen LogP contribution in [0.2, 0.25) is 10.0 Å². The number of hydrogen-bond donors (Lipinski definition) is 1. The van der Waals surface area contributed by atoms with Gasteiger partial charge in [0.25, 0.3) is 0 Å². The van der Waals surface area contributed by atoms with E-state index in [0.717, 1.165) is 0 Å². The van der Waals surface area contributed by atoms with Crippen LogP contribution in [-0.2, 0) is 14.2 Å². The molecule has 0 aliphatic carbocycles. The molecule has 0 bridgehead atoms. The number of methoxy groups -OCH3 is 1. The highest BCUT2D eigenvalue weighted by Crippen LogP contribution is 2.29. The number of ether oxygens (including phenoxy) is 3. The van der Waals surface area contributed by atoms with Crippen molar-refractivity contribution in [1.82, 2.24) is 0 Å². The van der Waals surface area contributed by atoms with Crippen molar-refractivity contribution >= 4 is 34.9 Å². The molecule has 0 atom stereocenters. The van der Waals surface area contributed by atoms with Crippen LogP contribution in [0.3, 0.4) is 0 Å². The summed E-state index contributed by atoms with van der Waals surface area (Å²) in [7, 11) is 1.60. The van der Waals surface area contributed by atoms with Gasteiger partial charge in [0.2, 0.25) is 0 Å². The van der Waals surface area contributed by atoms with E-state index < -0.39 is 5.97 Å². The van der Waals surface area contributed by atoms with Crippen LogP contribution in [0.25, 0.3) is 0 Å². The molecule has 1 aromatic rings. The number of nitrogen functional groups attached to an aromatic ring is 1. The summed E-state index contributed by atoms with van der Waals surface area (Å²) < 4.78 is 15.1. The first-order valence-corrected chi connectivity index (χ1v) is 6.80. The molecule has 2 N–H and O–H groups in total. The molecule has 1 aromatic carbocycles. The molecule has 20 heavy (non-hydrogen) atoms. The molecule has 1 rings (SSSR count). The molecular weight excluding hydrogens is 305 g/mol. The quantitative estimate of drug-likeness (QED) is 0.453. The largest absolute Gasteiger partial charge is 0.462 e. The third-order valence-corrected chi connectivity index (χ3v) is 3.17. The maximum atomic E-state index is 11.8. The van der Waals surface area contributed by atoms with E-state index in [-0.39, 0.29) is 22.2 Å². The fourth-order valence-corrected chi connectivity index (χ4v) is 1.82. The van der Waals surface area contributed by atoms with Gasteiger partial charge in [0.05, 0.1) is 35.4 Å². The van der Waals surface area contributed by atoms with Crippen molar-refractivity contribution in [2.24, 2.45) is 0 Å². The summed E-state index contributed by atoms with van der Waals surface area (Å²) in [5.74, 6) is -0.555. The van der Waals surface area contributed by atoms with Gasteiger partial charge < -0.3 is 19.9 Å². The first kappa shape index (κ1) is 17.0. The predicted octanol–water partition coefficient (Wildman–Crippen LogP) is 2.79. The summed E-state index contributed by atoms with van der Waals surface area (Å²) in [5, 5.41) is 0.365. The van der Waals surface area contributed by atoms with Crippen LogP contribution in [0.5, 0.6) is 0 Å². The van der Waals surface area contributed by atoms with E-state index in [1.54, 1.807) is 7.11 Å². The van der Waals surface area contributed by atoms with Gasteiger partial charge in [-0.25, -0.2) is 4.79 Å². The van der Waals surface area contributed by atoms with Gasteiger partial charge in [0, 0.05) is 25.8 Å². The molecule has 0 spiro atoms. The number of anilines is 1. The van der Waals surface area contributed by atoms with Gasteiger partial charge in [-0.2, -0.15) is 0 Å². The molecule has 0 saturated heterocycles. The summed E-state index contributed by atoms with van der Waals surface area (Å²) in [5.41, 5.74) is 6.13. The highest BCUT2D eigenvalue weighted by Gasteiger charge is 2.15. The summed E-state index contributed by atoms with van der Waals surface area (Å²) in [6.07, 6.45) is 0.586. The lowest BCUT2D eigenvalue weighted by Gasteiger charge is -2.08. The van der Waals surface area contributed by atoms with Gasteiger partial charge >= 0.3 is 5.97 Å². The number of benzene rings is 1. The number of esters is 1. The molecule has 0 fully saturated rings. The second-order valence-corrected chi connectivity index (χ2v) is 4.74. The number of nitrogens with two attached hydrogens (primary N) is 1. The molecule has 7 heteroatoms. The minimum Gasteiger partial charge on any atom is -0.462 e. The second-order valence-electron chi connectivity index (χ2n) is 3.96. The van der Waals surface area contributed by atoms with Gasteiger partial charge in [-0.3, -0.25) is 0 Å². The van der Waals surface area contributed by atoms with Gasteiger partial charge in [-0.1, -0.05) is 23.2 Å². The minimum atomic E-state index is -0.555. The van der Waals surface area contributed by atoms with E-state index in [4.69, 9.17) is 43.1 Å². The van der Waals surface area contributed by atoms with Crippen molar-refractivity contribution in [3.05, 3.63) is 27.7 Å². The van der Waals surface area contributed by atoms with Crippen molar-refractivity contribution in [3.8, 4) is 0 Å². The Hall–Kier alpha value is -1.01. The lowest BCUT2D eigenvalue weighted by molar-refractivity contribution is 0.0386. The summed E-state index contributed by atoms with van der Waals surface area (Å²) in [4.78, 5) is 11.8. The molecule has 0 amide bonds. The van der Waals surface area contributed by atoms with Crippen molar-refractivity contribution < 1.29 is 19.0 Å². The van der Waals surface area contributed by atoms with E-state index in [0.29, 0.717) is 31.9 Å². The Morgan fingerprint density at radius 1 is 1.20 bits per heavy atom. The Kier molecular flexibility index (Phi) is 7.69. The summed E-state index contributed by atoms with van der Waals surface area (Å²) >= 11 is 11.8. The van der Waals surface area contributed by atoms with E-state index in [9.17, 15) is 4.79 Å². The van der Waals surface area contributed by atoms with Crippen molar-refractivity contribution in [2.45, 2.75) is 6.42 Å². The molecule has 5 nitrogen and oxygen atoms in total. The average Bonchev–Trinajstić information content (AvgIpc) is 2.41. The molecule has 0 heterocycles. The van der Waals surface area contributed by atoms with Crippen molar-refractivity contribution in [3.63, 3.8) is 0 Å². The molecule has 112 valence electrons. The van der Waals surface area contributed by atoms with Crippen LogP contribution < -0.4 is 5.73 Å². The number of carbonyl (C=O) groups is 1. The Bertz CT molecular complexity index is 454. The number of carbonyl (C=O) groups excluding carboxylic acids is 1. The fourth-order valence-electron chi connectivity index (χ4n) is 1.41. The lowest BCUT2D eigenvalue weighted by atomic mass is 10.2. The molecule has 0 saturated carbocycles. The highest BCUT2D eigenvalue weighted by molar-refractivity contribution is 6.44. The van der Waals surface area contributed by atoms with Crippen LogP contribution in [0.1, 0.15) is 16.8 Å².